The van der Waals surface area contributed by atoms with Gasteiger partial charge >= 0.3 is 0 Å². The Morgan fingerprint density at radius 3 is 2.51 bits per heavy atom. The summed E-state index contributed by atoms with van der Waals surface area (Å²) in [6.07, 6.45) is 5.44. The maximum atomic E-state index is 6.27. The summed E-state index contributed by atoms with van der Waals surface area (Å²) in [4.78, 5) is 14.7. The summed E-state index contributed by atoms with van der Waals surface area (Å²) in [5.41, 5.74) is 4.42. The van der Waals surface area contributed by atoms with E-state index >= 15 is 0 Å². The van der Waals surface area contributed by atoms with Gasteiger partial charge in [-0.25, -0.2) is 0 Å². The van der Waals surface area contributed by atoms with Crippen molar-refractivity contribution in [3.05, 3.63) is 41.5 Å². The van der Waals surface area contributed by atoms with Crippen molar-refractivity contribution in [2.24, 2.45) is 27.2 Å². The van der Waals surface area contributed by atoms with Gasteiger partial charge in [-0.2, -0.15) is 0 Å². The third kappa shape index (κ3) is 6.02. The van der Waals surface area contributed by atoms with Crippen molar-refractivity contribution in [2.75, 3.05) is 33.2 Å². The topological polar surface area (TPSA) is 43.2 Å². The number of likely N-dealkylation sites (tertiary alicyclic amines) is 2. The number of benzene rings is 1. The smallest absolute Gasteiger partial charge is 0.199 e. The van der Waals surface area contributed by atoms with Gasteiger partial charge in [0.1, 0.15) is 13.7 Å². The Hall–Kier alpha value is -2.08. The molecule has 35 heavy (non-hydrogen) atoms. The first-order valence-corrected chi connectivity index (χ1v) is 13.4. The van der Waals surface area contributed by atoms with Crippen LogP contribution in [0, 0.1) is 24.2 Å². The van der Waals surface area contributed by atoms with Crippen molar-refractivity contribution in [3.8, 4) is 0 Å². The molecule has 1 aromatic carbocycles. The van der Waals surface area contributed by atoms with Crippen molar-refractivity contribution in [2.45, 2.75) is 72.4 Å². The van der Waals surface area contributed by atoms with Crippen LogP contribution in [0.3, 0.4) is 0 Å². The van der Waals surface area contributed by atoms with Crippen LogP contribution in [0.5, 0.6) is 0 Å². The van der Waals surface area contributed by atoms with Gasteiger partial charge in [0, 0.05) is 32.7 Å². The minimum absolute atomic E-state index is 0.0678. The van der Waals surface area contributed by atoms with Gasteiger partial charge in [-0.3, -0.25) is 9.98 Å². The Morgan fingerprint density at radius 2 is 1.91 bits per heavy atom. The maximum Gasteiger partial charge on any atom is 0.199 e. The van der Waals surface area contributed by atoms with E-state index in [9.17, 15) is 0 Å². The highest BCUT2D eigenvalue weighted by Gasteiger charge is 2.43. The summed E-state index contributed by atoms with van der Waals surface area (Å²) in [7, 11) is 8.13. The Morgan fingerprint density at radius 1 is 1.20 bits per heavy atom. The summed E-state index contributed by atoms with van der Waals surface area (Å²) >= 11 is 0. The zero-order chi connectivity index (χ0) is 25.3. The lowest BCUT2D eigenvalue weighted by Gasteiger charge is -2.53. The number of hydrogen-bond donors (Lipinski definition) is 1. The van der Waals surface area contributed by atoms with Crippen LogP contribution >= 0.6 is 0 Å². The summed E-state index contributed by atoms with van der Waals surface area (Å²) in [6, 6.07) is 6.91. The molecular formula is C29H44BN5. The first-order valence-electron chi connectivity index (χ1n) is 13.4. The fraction of sp³-hybridized carbons (Fsp3) is 0.655. The van der Waals surface area contributed by atoms with E-state index < -0.39 is 0 Å². The quantitative estimate of drug-likeness (QED) is 0.396. The number of nitrogens with one attached hydrogen (secondary N) is 1. The molecule has 0 spiro atoms. The molecule has 3 fully saturated rings. The third-order valence-corrected chi connectivity index (χ3v) is 8.32. The monoisotopic (exact) mass is 473 g/mol. The molecular weight excluding hydrogens is 429 g/mol. The summed E-state index contributed by atoms with van der Waals surface area (Å²) in [5, 5.41) is 3.49. The molecule has 3 aliphatic rings. The van der Waals surface area contributed by atoms with Crippen LogP contribution in [-0.2, 0) is 0 Å². The molecule has 188 valence electrons. The van der Waals surface area contributed by atoms with Crippen molar-refractivity contribution >= 4 is 25.1 Å². The highest BCUT2D eigenvalue weighted by Crippen LogP contribution is 2.44. The second kappa shape index (κ2) is 10.5. The third-order valence-electron chi connectivity index (χ3n) is 8.32. The highest BCUT2D eigenvalue weighted by atomic mass is 15.3. The lowest BCUT2D eigenvalue weighted by Crippen LogP contribution is -2.60. The summed E-state index contributed by atoms with van der Waals surface area (Å²) in [5.74, 6) is 3.22. The van der Waals surface area contributed by atoms with E-state index in [1.54, 1.807) is 0 Å². The molecule has 2 heterocycles. The fourth-order valence-electron chi connectivity index (χ4n) is 6.18. The van der Waals surface area contributed by atoms with E-state index in [0.29, 0.717) is 5.41 Å². The van der Waals surface area contributed by atoms with Crippen molar-refractivity contribution in [1.29, 1.82) is 0 Å². The predicted octanol–water partition coefficient (Wildman–Crippen LogP) is 4.23. The maximum absolute atomic E-state index is 6.27. The zero-order valence-corrected chi connectivity index (χ0v) is 22.8. The van der Waals surface area contributed by atoms with E-state index in [4.69, 9.17) is 12.8 Å². The van der Waals surface area contributed by atoms with E-state index in [0.717, 1.165) is 64.9 Å². The Kier molecular flexibility index (Phi) is 7.80. The van der Waals surface area contributed by atoms with Crippen molar-refractivity contribution < 1.29 is 0 Å². The molecule has 0 aromatic heterocycles. The molecule has 1 N–H and O–H groups in total. The molecule has 1 saturated carbocycles. The summed E-state index contributed by atoms with van der Waals surface area (Å²) < 4.78 is 0. The SMILES string of the molecule is [B]c1cc(C)ccc1C(C)N=C(NC(=NC)N1CC([C@H]2CCCN(C3CC(C)(C)C3)C2)C1)C(=C)C. The van der Waals surface area contributed by atoms with Crippen LogP contribution < -0.4 is 10.8 Å². The van der Waals surface area contributed by atoms with Crippen LogP contribution in [0.15, 0.2) is 40.3 Å². The van der Waals surface area contributed by atoms with Crippen LogP contribution in [0.2, 0.25) is 0 Å². The van der Waals surface area contributed by atoms with E-state index in [1.807, 2.05) is 20.0 Å². The van der Waals surface area contributed by atoms with Gasteiger partial charge < -0.3 is 15.1 Å². The number of nitrogens with zero attached hydrogens (tertiary/aromatic N) is 4. The second-order valence-corrected chi connectivity index (χ2v) is 12.0. The molecule has 1 unspecified atom stereocenters. The number of guanidine groups is 1. The number of hydrogen-bond acceptors (Lipinski definition) is 3. The van der Waals surface area contributed by atoms with Crippen LogP contribution in [0.25, 0.3) is 0 Å². The molecule has 0 bridgehead atoms. The molecule has 2 radical (unpaired) electrons. The molecule has 2 saturated heterocycles. The molecule has 6 heteroatoms. The predicted molar refractivity (Wildman–Crippen MR) is 150 cm³/mol. The fourth-order valence-corrected chi connectivity index (χ4v) is 6.18. The molecule has 2 atom stereocenters. The van der Waals surface area contributed by atoms with Crippen molar-refractivity contribution in [1.82, 2.24) is 15.1 Å². The van der Waals surface area contributed by atoms with Crippen LogP contribution in [0.1, 0.15) is 70.5 Å². The normalized spacial score (nSPS) is 25.1. The second-order valence-electron chi connectivity index (χ2n) is 12.0. The molecule has 1 aliphatic carbocycles. The summed E-state index contributed by atoms with van der Waals surface area (Å²) in [6.45, 7) is 19.8. The largest absolute Gasteiger partial charge is 0.342 e. The average Bonchev–Trinajstić information content (AvgIpc) is 2.74. The molecule has 1 aromatic rings. The molecule has 5 nitrogen and oxygen atoms in total. The molecule has 2 aliphatic heterocycles. The van der Waals surface area contributed by atoms with Gasteiger partial charge in [0.15, 0.2) is 5.96 Å². The van der Waals surface area contributed by atoms with Gasteiger partial charge in [0.2, 0.25) is 0 Å². The Bertz CT molecular complexity index is 983. The number of piperidine rings is 1. The Balaban J connectivity index is 1.34. The minimum Gasteiger partial charge on any atom is -0.342 e. The van der Waals surface area contributed by atoms with Gasteiger partial charge in [-0.05, 0) is 81.4 Å². The van der Waals surface area contributed by atoms with Crippen molar-refractivity contribution in [3.63, 3.8) is 0 Å². The van der Waals surface area contributed by atoms with Gasteiger partial charge in [-0.15, -0.1) is 0 Å². The Labute approximate surface area is 214 Å². The van der Waals surface area contributed by atoms with E-state index in [2.05, 4.69) is 66.5 Å². The van der Waals surface area contributed by atoms with Gasteiger partial charge in [0.25, 0.3) is 0 Å². The van der Waals surface area contributed by atoms with Gasteiger partial charge in [-0.1, -0.05) is 49.7 Å². The minimum atomic E-state index is -0.0678. The zero-order valence-electron chi connectivity index (χ0n) is 22.8. The molecule has 0 amide bonds. The van der Waals surface area contributed by atoms with E-state index in [-0.39, 0.29) is 6.04 Å². The lowest BCUT2D eigenvalue weighted by atomic mass is 9.67. The number of amidine groups is 1. The first-order chi connectivity index (χ1) is 16.6. The van der Waals surface area contributed by atoms with Gasteiger partial charge in [0.05, 0.1) is 6.04 Å². The number of aryl methyl sites for hydroxylation is 1. The average molecular weight is 474 g/mol. The van der Waals surface area contributed by atoms with E-state index in [1.165, 1.54) is 38.8 Å². The van der Waals surface area contributed by atoms with Crippen LogP contribution in [0.4, 0.5) is 0 Å². The number of aliphatic imine (C=N–C) groups is 2. The lowest BCUT2D eigenvalue weighted by molar-refractivity contribution is -0.0203. The van der Waals surface area contributed by atoms with Crippen LogP contribution in [-0.4, -0.2) is 68.7 Å². The standard InChI is InChI=1S/C29H44BN5/c1-19(2)27(32-21(4)25-11-10-20(3)13-26(25)30)33-28(31-7)35-17-23(18-35)22-9-8-12-34(16-22)24-14-29(5,6)15-24/h10-11,13,21-24H,1,8-9,12,14-18H2,2-7H3,(H,31,32,33)/t21?,22-/m0/s1. The number of rotatable bonds is 5. The molecule has 4 rings (SSSR count). The highest BCUT2D eigenvalue weighted by molar-refractivity contribution is 6.33. The first kappa shape index (κ1) is 26.0.